The van der Waals surface area contributed by atoms with Crippen LogP contribution in [0.25, 0.3) is 5.76 Å². The van der Waals surface area contributed by atoms with Gasteiger partial charge in [-0.05, 0) is 49.1 Å². The molecule has 1 N–H and O–H groups in total. The number of benzene rings is 2. The molecule has 1 amide bonds. The van der Waals surface area contributed by atoms with Crippen molar-refractivity contribution in [2.75, 3.05) is 59.7 Å². The lowest BCUT2D eigenvalue weighted by Gasteiger charge is -2.29. The molecule has 2 aromatic carbocycles. The van der Waals surface area contributed by atoms with Crippen molar-refractivity contribution in [3.05, 3.63) is 59.2 Å². The molecule has 2 aliphatic heterocycles. The van der Waals surface area contributed by atoms with E-state index in [-0.39, 0.29) is 11.3 Å². The molecule has 9 heteroatoms. The minimum atomic E-state index is -0.780. The van der Waals surface area contributed by atoms with E-state index in [0.717, 1.165) is 45.3 Å². The van der Waals surface area contributed by atoms with Crippen LogP contribution in [0, 0.1) is 0 Å². The summed E-state index contributed by atoms with van der Waals surface area (Å²) in [5.74, 6) is 0.141. The number of hydrogen-bond acceptors (Lipinski definition) is 8. The highest BCUT2D eigenvalue weighted by atomic mass is 16.5. The second-order valence-corrected chi connectivity index (χ2v) is 10.6. The maximum absolute atomic E-state index is 13.5. The first kappa shape index (κ1) is 31.4. The van der Waals surface area contributed by atoms with Gasteiger partial charge >= 0.3 is 0 Å². The van der Waals surface area contributed by atoms with Crippen molar-refractivity contribution < 1.29 is 33.6 Å². The molecule has 2 heterocycles. The van der Waals surface area contributed by atoms with Crippen molar-refractivity contribution in [3.63, 3.8) is 0 Å². The van der Waals surface area contributed by atoms with Gasteiger partial charge in [0, 0.05) is 31.7 Å². The summed E-state index contributed by atoms with van der Waals surface area (Å²) in [7, 11) is 1.57. The average Bonchev–Trinajstić information content (AvgIpc) is 3.27. The van der Waals surface area contributed by atoms with E-state index in [2.05, 4.69) is 11.8 Å². The number of ether oxygens (including phenoxy) is 4. The fourth-order valence-corrected chi connectivity index (χ4v) is 5.36. The van der Waals surface area contributed by atoms with Crippen LogP contribution >= 0.6 is 0 Å². The number of rotatable bonds is 15. The molecule has 4 rings (SSSR count). The Morgan fingerprint density at radius 2 is 1.74 bits per heavy atom. The molecule has 0 saturated carbocycles. The summed E-state index contributed by atoms with van der Waals surface area (Å²) >= 11 is 0. The number of carbonyl (C=O) groups excluding carboxylic acids is 2. The number of aliphatic hydroxyl groups excluding tert-OH is 1. The molecule has 228 valence electrons. The summed E-state index contributed by atoms with van der Waals surface area (Å²) in [6.45, 7) is 9.47. The number of aliphatic hydroxyl groups is 1. The van der Waals surface area contributed by atoms with Gasteiger partial charge in [0.05, 0.1) is 45.2 Å². The van der Waals surface area contributed by atoms with E-state index in [9.17, 15) is 14.7 Å². The standard InChI is InChI=1S/C33H44N2O7/c1-4-6-7-19-42-27-13-12-24(23-28(27)39-3)30-29(31(36)25-10-8-11-26(22-25)41-18-5-2)32(37)33(38)35(30)15-9-14-34-16-20-40-21-17-34/h8,10-13,22-23,30,36H,4-7,9,14-21H2,1-3H3/b31-29+. The number of unbranched alkanes of at least 4 members (excludes halogenated alkanes) is 2. The van der Waals surface area contributed by atoms with Crippen LogP contribution in [0.3, 0.4) is 0 Å². The number of likely N-dealkylation sites (tertiary alicyclic amines) is 1. The summed E-state index contributed by atoms with van der Waals surface area (Å²) in [4.78, 5) is 30.9. The van der Waals surface area contributed by atoms with Gasteiger partial charge in [-0.2, -0.15) is 0 Å². The Labute approximate surface area is 249 Å². The molecule has 0 aliphatic carbocycles. The van der Waals surface area contributed by atoms with Crippen LogP contribution in [-0.2, 0) is 14.3 Å². The number of hydrogen-bond donors (Lipinski definition) is 1. The van der Waals surface area contributed by atoms with Gasteiger partial charge in [0.15, 0.2) is 11.5 Å². The average molecular weight is 581 g/mol. The molecule has 2 saturated heterocycles. The first-order valence-electron chi connectivity index (χ1n) is 15.1. The molecular weight excluding hydrogens is 536 g/mol. The third-order valence-corrected chi connectivity index (χ3v) is 7.61. The van der Waals surface area contributed by atoms with E-state index < -0.39 is 17.7 Å². The van der Waals surface area contributed by atoms with E-state index in [0.29, 0.717) is 67.8 Å². The summed E-state index contributed by atoms with van der Waals surface area (Å²) in [5.41, 5.74) is 1.14. The number of carbonyl (C=O) groups is 2. The Bertz CT molecular complexity index is 1240. The third kappa shape index (κ3) is 7.63. The van der Waals surface area contributed by atoms with Gasteiger partial charge < -0.3 is 29.0 Å². The molecule has 1 unspecified atom stereocenters. The van der Waals surface area contributed by atoms with Crippen molar-refractivity contribution in [2.45, 2.75) is 52.0 Å². The molecule has 0 bridgehead atoms. The summed E-state index contributed by atoms with van der Waals surface area (Å²) in [6.07, 6.45) is 4.62. The van der Waals surface area contributed by atoms with E-state index in [4.69, 9.17) is 18.9 Å². The van der Waals surface area contributed by atoms with Crippen LogP contribution in [0.1, 0.15) is 63.1 Å². The zero-order valence-corrected chi connectivity index (χ0v) is 25.1. The molecule has 42 heavy (non-hydrogen) atoms. The highest BCUT2D eigenvalue weighted by molar-refractivity contribution is 6.46. The van der Waals surface area contributed by atoms with Gasteiger partial charge in [-0.3, -0.25) is 14.5 Å². The fraction of sp³-hybridized carbons (Fsp3) is 0.515. The Hall–Kier alpha value is -3.56. The van der Waals surface area contributed by atoms with Crippen molar-refractivity contribution in [2.24, 2.45) is 0 Å². The minimum Gasteiger partial charge on any atom is -0.507 e. The zero-order valence-electron chi connectivity index (χ0n) is 25.1. The lowest BCUT2D eigenvalue weighted by Crippen LogP contribution is -2.39. The summed E-state index contributed by atoms with van der Waals surface area (Å²) < 4.78 is 22.8. The Morgan fingerprint density at radius 1 is 0.929 bits per heavy atom. The lowest BCUT2D eigenvalue weighted by molar-refractivity contribution is -0.140. The SMILES string of the molecule is CCCCCOc1ccc(C2/C(=C(\O)c3cccc(OCCC)c3)C(=O)C(=O)N2CCCN2CCOCC2)cc1OC. The Morgan fingerprint density at radius 3 is 2.48 bits per heavy atom. The van der Waals surface area contributed by atoms with Gasteiger partial charge in [0.2, 0.25) is 0 Å². The number of amides is 1. The van der Waals surface area contributed by atoms with Gasteiger partial charge in [-0.25, -0.2) is 0 Å². The summed E-state index contributed by atoms with van der Waals surface area (Å²) in [5, 5.41) is 11.5. The lowest BCUT2D eigenvalue weighted by atomic mass is 9.95. The highest BCUT2D eigenvalue weighted by Crippen LogP contribution is 2.42. The largest absolute Gasteiger partial charge is 0.507 e. The molecule has 0 aromatic heterocycles. The predicted octanol–water partition coefficient (Wildman–Crippen LogP) is 5.20. The smallest absolute Gasteiger partial charge is 0.295 e. The van der Waals surface area contributed by atoms with Crippen LogP contribution in [0.15, 0.2) is 48.0 Å². The topological polar surface area (TPSA) is 97.8 Å². The van der Waals surface area contributed by atoms with E-state index >= 15 is 0 Å². The van der Waals surface area contributed by atoms with Gasteiger partial charge in [0.1, 0.15) is 11.5 Å². The van der Waals surface area contributed by atoms with Crippen LogP contribution < -0.4 is 14.2 Å². The van der Waals surface area contributed by atoms with Crippen molar-refractivity contribution in [1.82, 2.24) is 9.80 Å². The van der Waals surface area contributed by atoms with Gasteiger partial charge in [0.25, 0.3) is 11.7 Å². The minimum absolute atomic E-state index is 0.0534. The molecule has 2 fully saturated rings. The molecular formula is C33H44N2O7. The molecule has 2 aromatic rings. The molecule has 2 aliphatic rings. The van der Waals surface area contributed by atoms with Gasteiger partial charge in [-0.15, -0.1) is 0 Å². The molecule has 1 atom stereocenters. The van der Waals surface area contributed by atoms with Crippen molar-refractivity contribution in [1.29, 1.82) is 0 Å². The molecule has 0 spiro atoms. The monoisotopic (exact) mass is 580 g/mol. The van der Waals surface area contributed by atoms with E-state index in [1.165, 1.54) is 0 Å². The number of nitrogens with zero attached hydrogens (tertiary/aromatic N) is 2. The van der Waals surface area contributed by atoms with Gasteiger partial charge in [-0.1, -0.05) is 44.9 Å². The molecule has 9 nitrogen and oxygen atoms in total. The quantitative estimate of drug-likeness (QED) is 0.133. The van der Waals surface area contributed by atoms with E-state index in [1.54, 1.807) is 42.3 Å². The van der Waals surface area contributed by atoms with Crippen LogP contribution in [-0.4, -0.2) is 86.3 Å². The maximum Gasteiger partial charge on any atom is 0.295 e. The predicted molar refractivity (Wildman–Crippen MR) is 161 cm³/mol. The number of ketones is 1. The number of morpholine rings is 1. The van der Waals surface area contributed by atoms with Crippen molar-refractivity contribution >= 4 is 17.4 Å². The fourth-order valence-electron chi connectivity index (χ4n) is 5.36. The Balaban J connectivity index is 1.68. The number of methoxy groups -OCH3 is 1. The maximum atomic E-state index is 13.5. The van der Waals surface area contributed by atoms with Crippen LogP contribution in [0.2, 0.25) is 0 Å². The highest BCUT2D eigenvalue weighted by Gasteiger charge is 2.46. The van der Waals surface area contributed by atoms with E-state index in [1.807, 2.05) is 19.1 Å². The summed E-state index contributed by atoms with van der Waals surface area (Å²) in [6, 6.07) is 11.7. The Kier molecular flexibility index (Phi) is 11.7. The first-order valence-corrected chi connectivity index (χ1v) is 15.1. The van der Waals surface area contributed by atoms with Crippen LogP contribution in [0.4, 0.5) is 0 Å². The normalized spacial score (nSPS) is 18.8. The molecule has 0 radical (unpaired) electrons. The zero-order chi connectivity index (χ0) is 29.9. The van der Waals surface area contributed by atoms with Crippen molar-refractivity contribution in [3.8, 4) is 17.2 Å². The second-order valence-electron chi connectivity index (χ2n) is 10.6. The second kappa shape index (κ2) is 15.6. The first-order chi connectivity index (χ1) is 20.5. The number of Topliss-reactive ketones (excluding diaryl/α,β-unsaturated/α-hetero) is 1. The van der Waals surface area contributed by atoms with Crippen LogP contribution in [0.5, 0.6) is 17.2 Å². The third-order valence-electron chi connectivity index (χ3n) is 7.61.